The second-order valence-electron chi connectivity index (χ2n) is 12.9. The van der Waals surface area contributed by atoms with Crippen LogP contribution in [0.4, 0.5) is 5.69 Å². The minimum absolute atomic E-state index is 0.0313. The maximum Gasteiger partial charge on any atom is 0.250 e. The van der Waals surface area contributed by atoms with Crippen LogP contribution >= 0.6 is 0 Å². The van der Waals surface area contributed by atoms with Gasteiger partial charge in [-0.15, -0.1) is 0 Å². The van der Waals surface area contributed by atoms with Gasteiger partial charge in [-0.1, -0.05) is 57.4 Å². The first kappa shape index (κ1) is 29.0. The molecule has 2 heterocycles. The minimum Gasteiger partial charge on any atom is -0.497 e. The highest BCUT2D eigenvalue weighted by Gasteiger charge is 2.60. The Labute approximate surface area is 254 Å². The predicted molar refractivity (Wildman–Crippen MR) is 170 cm³/mol. The number of methoxy groups -OCH3 is 1. The first-order valence-corrected chi connectivity index (χ1v) is 15.5. The number of aryl methyl sites for hydroxylation is 1. The molecule has 6 rings (SSSR count). The zero-order valence-electron chi connectivity index (χ0n) is 25.7. The zero-order chi connectivity index (χ0) is 30.2. The topological polar surface area (TPSA) is 87.3 Å². The maximum atomic E-state index is 14.6. The van der Waals surface area contributed by atoms with Crippen LogP contribution in [0.15, 0.2) is 73.1 Å². The summed E-state index contributed by atoms with van der Waals surface area (Å²) in [4.78, 5) is 38.7. The Kier molecular flexibility index (Phi) is 7.75. The number of hydrogen-bond donors (Lipinski definition) is 2. The first-order valence-electron chi connectivity index (χ1n) is 15.5. The number of H-pyrrole nitrogens is 1. The fourth-order valence-electron chi connectivity index (χ4n) is 7.53. The van der Waals surface area contributed by atoms with E-state index >= 15 is 0 Å². The molecule has 7 heteroatoms. The van der Waals surface area contributed by atoms with E-state index in [1.807, 2.05) is 41.3 Å². The molecule has 0 bridgehead atoms. The highest BCUT2D eigenvalue weighted by molar-refractivity contribution is 6.01. The van der Waals surface area contributed by atoms with Gasteiger partial charge in [0.05, 0.1) is 7.11 Å². The van der Waals surface area contributed by atoms with Crippen molar-refractivity contribution in [2.75, 3.05) is 12.4 Å². The van der Waals surface area contributed by atoms with Crippen LogP contribution in [0.3, 0.4) is 0 Å². The van der Waals surface area contributed by atoms with Crippen LogP contribution in [-0.4, -0.2) is 39.3 Å². The second kappa shape index (κ2) is 11.5. The van der Waals surface area contributed by atoms with Gasteiger partial charge in [0.15, 0.2) is 0 Å². The minimum atomic E-state index is -0.934. The third-order valence-corrected chi connectivity index (χ3v) is 10.0. The SMILES string of the molecule is COc1ccc(NC(=O)C2(N(Cc3cccnc3)C(=O)C[C@H]3[C@@H](c4c(C)[nH]c5ccccc45)C3(C)C)CCCCC2)cc1. The van der Waals surface area contributed by atoms with Gasteiger partial charge in [-0.3, -0.25) is 14.6 Å². The lowest BCUT2D eigenvalue weighted by atomic mass is 9.78. The number of anilines is 1. The summed E-state index contributed by atoms with van der Waals surface area (Å²) in [6, 6.07) is 19.7. The number of pyridine rings is 1. The van der Waals surface area contributed by atoms with Crippen LogP contribution in [-0.2, 0) is 16.1 Å². The van der Waals surface area contributed by atoms with Crippen LogP contribution in [0.2, 0.25) is 0 Å². The molecule has 0 spiro atoms. The normalized spacial score (nSPS) is 20.4. The predicted octanol–water partition coefficient (Wildman–Crippen LogP) is 7.38. The number of para-hydroxylation sites is 1. The Balaban J connectivity index is 1.32. The van der Waals surface area contributed by atoms with Gasteiger partial charge in [-0.25, -0.2) is 0 Å². The summed E-state index contributed by atoms with van der Waals surface area (Å²) in [6.07, 6.45) is 8.08. The van der Waals surface area contributed by atoms with Crippen molar-refractivity contribution in [3.05, 3.63) is 89.9 Å². The van der Waals surface area contributed by atoms with Crippen LogP contribution < -0.4 is 10.1 Å². The van der Waals surface area contributed by atoms with Gasteiger partial charge in [0.2, 0.25) is 11.8 Å². The number of nitrogens with zero attached hydrogens (tertiary/aromatic N) is 2. The summed E-state index contributed by atoms with van der Waals surface area (Å²) < 4.78 is 5.30. The number of aromatic nitrogens is 2. The molecule has 2 atom stereocenters. The highest BCUT2D eigenvalue weighted by Crippen LogP contribution is 2.67. The molecule has 2 aliphatic rings. The molecule has 2 N–H and O–H groups in total. The summed E-state index contributed by atoms with van der Waals surface area (Å²) in [7, 11) is 1.62. The molecule has 2 saturated carbocycles. The molecule has 7 nitrogen and oxygen atoms in total. The second-order valence-corrected chi connectivity index (χ2v) is 12.9. The number of carbonyl (C=O) groups is 2. The number of hydrogen-bond acceptors (Lipinski definition) is 4. The van der Waals surface area contributed by atoms with E-state index in [4.69, 9.17) is 4.74 Å². The molecule has 0 unspecified atom stereocenters. The molecule has 0 saturated heterocycles. The Hall–Kier alpha value is -4.13. The molecule has 2 aromatic heterocycles. The molecule has 2 aromatic carbocycles. The molecular weight excluding hydrogens is 536 g/mol. The number of fused-ring (bicyclic) bond motifs is 1. The maximum absolute atomic E-state index is 14.6. The largest absolute Gasteiger partial charge is 0.497 e. The fourth-order valence-corrected chi connectivity index (χ4v) is 7.53. The highest BCUT2D eigenvalue weighted by atomic mass is 16.5. The lowest BCUT2D eigenvalue weighted by molar-refractivity contribution is -0.149. The van der Waals surface area contributed by atoms with E-state index < -0.39 is 5.54 Å². The number of amides is 2. The third-order valence-electron chi connectivity index (χ3n) is 10.0. The van der Waals surface area contributed by atoms with E-state index in [2.05, 4.69) is 60.3 Å². The molecule has 0 aliphatic heterocycles. The average molecular weight is 579 g/mol. The van der Waals surface area contributed by atoms with Crippen molar-refractivity contribution >= 4 is 28.4 Å². The first-order chi connectivity index (χ1) is 20.7. The molecule has 2 amide bonds. The van der Waals surface area contributed by atoms with Gasteiger partial charge in [0, 0.05) is 47.6 Å². The Bertz CT molecular complexity index is 1600. The van der Waals surface area contributed by atoms with Gasteiger partial charge >= 0.3 is 0 Å². The van der Waals surface area contributed by atoms with E-state index in [0.29, 0.717) is 31.5 Å². The number of rotatable bonds is 9. The Morgan fingerprint density at radius 1 is 1.02 bits per heavy atom. The molecule has 0 radical (unpaired) electrons. The van der Waals surface area contributed by atoms with E-state index in [1.54, 1.807) is 19.5 Å². The van der Waals surface area contributed by atoms with Crippen molar-refractivity contribution < 1.29 is 14.3 Å². The van der Waals surface area contributed by atoms with Gasteiger partial charge < -0.3 is 19.9 Å². The van der Waals surface area contributed by atoms with E-state index in [1.165, 1.54) is 16.6 Å². The van der Waals surface area contributed by atoms with Gasteiger partial charge in [0.1, 0.15) is 11.3 Å². The standard InChI is InChI=1S/C36H42N4O3/c1-24-32(28-12-6-7-13-30(28)38-24)33-29(35(33,2)3)21-31(41)40(23-25-11-10-20-37-22-25)36(18-8-5-9-19-36)34(42)39-26-14-16-27(43-4)17-15-26/h6-7,10-17,20,22,29,33,38H,5,8-9,18-19,21,23H2,1-4H3,(H,39,42)/t29-,33-/m0/s1. The molecule has 224 valence electrons. The number of aromatic amines is 1. The summed E-state index contributed by atoms with van der Waals surface area (Å²) in [5, 5.41) is 4.40. The number of ether oxygens (including phenoxy) is 1. The van der Waals surface area contributed by atoms with Crippen molar-refractivity contribution in [3.8, 4) is 5.75 Å². The average Bonchev–Trinajstić information content (AvgIpc) is 3.37. The van der Waals surface area contributed by atoms with E-state index in [9.17, 15) is 9.59 Å². The fraction of sp³-hybridized carbons (Fsp3) is 0.417. The Morgan fingerprint density at radius 3 is 2.47 bits per heavy atom. The number of carbonyl (C=O) groups excluding carboxylic acids is 2. The quantitative estimate of drug-likeness (QED) is 0.217. The van der Waals surface area contributed by atoms with Crippen LogP contribution in [0.1, 0.15) is 75.1 Å². The van der Waals surface area contributed by atoms with Crippen molar-refractivity contribution in [2.45, 2.75) is 77.3 Å². The third kappa shape index (κ3) is 5.41. The zero-order valence-corrected chi connectivity index (χ0v) is 25.7. The molecule has 2 fully saturated rings. The van der Waals surface area contributed by atoms with E-state index in [-0.39, 0.29) is 29.1 Å². The summed E-state index contributed by atoms with van der Waals surface area (Å²) in [5.41, 5.74) is 4.29. The van der Waals surface area contributed by atoms with Crippen LogP contribution in [0.5, 0.6) is 5.75 Å². The molecular formula is C36H42N4O3. The molecule has 4 aromatic rings. The van der Waals surface area contributed by atoms with Crippen molar-refractivity contribution in [2.24, 2.45) is 11.3 Å². The lowest BCUT2D eigenvalue weighted by Crippen LogP contribution is -2.59. The van der Waals surface area contributed by atoms with Crippen molar-refractivity contribution in [1.29, 1.82) is 0 Å². The number of nitrogens with one attached hydrogen (secondary N) is 2. The summed E-state index contributed by atoms with van der Waals surface area (Å²) >= 11 is 0. The van der Waals surface area contributed by atoms with E-state index in [0.717, 1.165) is 36.1 Å². The molecule has 43 heavy (non-hydrogen) atoms. The Morgan fingerprint density at radius 2 is 1.77 bits per heavy atom. The molecule has 2 aliphatic carbocycles. The van der Waals surface area contributed by atoms with Gasteiger partial charge in [-0.05, 0) is 84.5 Å². The lowest BCUT2D eigenvalue weighted by Gasteiger charge is -2.45. The van der Waals surface area contributed by atoms with Crippen molar-refractivity contribution in [3.63, 3.8) is 0 Å². The summed E-state index contributed by atoms with van der Waals surface area (Å²) in [6.45, 7) is 7.04. The van der Waals surface area contributed by atoms with Crippen molar-refractivity contribution in [1.82, 2.24) is 14.9 Å². The van der Waals surface area contributed by atoms with Gasteiger partial charge in [-0.2, -0.15) is 0 Å². The van der Waals surface area contributed by atoms with Crippen LogP contribution in [0, 0.1) is 18.3 Å². The number of benzene rings is 2. The van der Waals surface area contributed by atoms with Gasteiger partial charge in [0.25, 0.3) is 0 Å². The monoisotopic (exact) mass is 578 g/mol. The smallest absolute Gasteiger partial charge is 0.250 e. The summed E-state index contributed by atoms with van der Waals surface area (Å²) in [5.74, 6) is 1.09. The van der Waals surface area contributed by atoms with Crippen LogP contribution in [0.25, 0.3) is 10.9 Å².